The van der Waals surface area contributed by atoms with Crippen molar-refractivity contribution in [2.75, 3.05) is 7.05 Å². The van der Waals surface area contributed by atoms with Gasteiger partial charge in [-0.15, -0.1) is 0 Å². The summed E-state index contributed by atoms with van der Waals surface area (Å²) in [7, 11) is 1.80. The molecule has 0 unspecified atom stereocenters. The van der Waals surface area contributed by atoms with E-state index in [-0.39, 0.29) is 5.69 Å². The Morgan fingerprint density at radius 2 is 2.29 bits per heavy atom. The summed E-state index contributed by atoms with van der Waals surface area (Å²) in [6.07, 6.45) is 0. The molecule has 0 saturated heterocycles. The smallest absolute Gasteiger partial charge is 0.313 e. The van der Waals surface area contributed by atoms with E-state index in [1.807, 2.05) is 13.0 Å². The second-order valence-corrected chi connectivity index (χ2v) is 4.18. The van der Waals surface area contributed by atoms with Crippen LogP contribution in [-0.4, -0.2) is 21.8 Å². The van der Waals surface area contributed by atoms with Gasteiger partial charge in [0.2, 0.25) is 0 Å². The summed E-state index contributed by atoms with van der Waals surface area (Å²) >= 11 is 5.95. The number of aromatic nitrogens is 3. The zero-order chi connectivity index (χ0) is 12.4. The molecule has 2 aromatic rings. The minimum Gasteiger partial charge on any atom is -0.313 e. The van der Waals surface area contributed by atoms with E-state index in [2.05, 4.69) is 15.5 Å². The zero-order valence-corrected chi connectivity index (χ0v) is 10.4. The van der Waals surface area contributed by atoms with Crippen LogP contribution in [0.15, 0.2) is 23.0 Å². The number of rotatable bonds is 3. The number of halogens is 1. The van der Waals surface area contributed by atoms with Crippen molar-refractivity contribution in [3.05, 3.63) is 45.1 Å². The maximum absolute atomic E-state index is 11.8. The van der Waals surface area contributed by atoms with Gasteiger partial charge < -0.3 is 5.32 Å². The molecule has 0 saturated carbocycles. The SMILES string of the molecule is CNCc1n[nH]c(=O)n1-c1cc(Cl)ccc1C. The summed E-state index contributed by atoms with van der Waals surface area (Å²) in [5.41, 5.74) is 1.46. The second-order valence-electron chi connectivity index (χ2n) is 3.74. The van der Waals surface area contributed by atoms with Crippen LogP contribution in [-0.2, 0) is 6.54 Å². The number of aromatic amines is 1. The van der Waals surface area contributed by atoms with Crippen molar-refractivity contribution in [2.45, 2.75) is 13.5 Å². The number of aryl methyl sites for hydroxylation is 1. The Kier molecular flexibility index (Phi) is 3.31. The molecule has 2 rings (SSSR count). The molecule has 1 aromatic carbocycles. The highest BCUT2D eigenvalue weighted by molar-refractivity contribution is 6.30. The van der Waals surface area contributed by atoms with Gasteiger partial charge in [-0.25, -0.2) is 14.5 Å². The maximum Gasteiger partial charge on any atom is 0.347 e. The van der Waals surface area contributed by atoms with Gasteiger partial charge in [-0.1, -0.05) is 17.7 Å². The molecular weight excluding hydrogens is 240 g/mol. The van der Waals surface area contributed by atoms with Crippen LogP contribution in [0, 0.1) is 6.92 Å². The third-order valence-corrected chi connectivity index (χ3v) is 2.72. The number of H-pyrrole nitrogens is 1. The summed E-state index contributed by atoms with van der Waals surface area (Å²) in [6, 6.07) is 5.43. The van der Waals surface area contributed by atoms with Crippen LogP contribution < -0.4 is 11.0 Å². The van der Waals surface area contributed by atoms with E-state index in [9.17, 15) is 4.79 Å². The summed E-state index contributed by atoms with van der Waals surface area (Å²) in [4.78, 5) is 11.8. The lowest BCUT2D eigenvalue weighted by Crippen LogP contribution is -2.20. The molecule has 0 aliphatic heterocycles. The highest BCUT2D eigenvalue weighted by Gasteiger charge is 2.11. The molecule has 90 valence electrons. The number of nitrogens with zero attached hydrogens (tertiary/aromatic N) is 2. The zero-order valence-electron chi connectivity index (χ0n) is 9.62. The first-order valence-electron chi connectivity index (χ1n) is 5.21. The predicted molar refractivity (Wildman–Crippen MR) is 66.7 cm³/mol. The molecule has 1 heterocycles. The molecule has 0 atom stereocenters. The highest BCUT2D eigenvalue weighted by Crippen LogP contribution is 2.18. The average molecular weight is 253 g/mol. The van der Waals surface area contributed by atoms with Crippen molar-refractivity contribution in [2.24, 2.45) is 0 Å². The monoisotopic (exact) mass is 252 g/mol. The molecular formula is C11H13ClN4O. The molecule has 0 aliphatic rings. The lowest BCUT2D eigenvalue weighted by Gasteiger charge is -2.08. The maximum atomic E-state index is 11.8. The molecule has 0 amide bonds. The van der Waals surface area contributed by atoms with Crippen LogP contribution in [0.4, 0.5) is 0 Å². The quantitative estimate of drug-likeness (QED) is 0.864. The van der Waals surface area contributed by atoms with Crippen LogP contribution in [0.2, 0.25) is 5.02 Å². The minimum absolute atomic E-state index is 0.263. The van der Waals surface area contributed by atoms with Crippen LogP contribution in [0.1, 0.15) is 11.4 Å². The van der Waals surface area contributed by atoms with Gasteiger partial charge in [0.1, 0.15) is 0 Å². The van der Waals surface area contributed by atoms with Gasteiger partial charge >= 0.3 is 5.69 Å². The largest absolute Gasteiger partial charge is 0.347 e. The fourth-order valence-corrected chi connectivity index (χ4v) is 1.84. The van der Waals surface area contributed by atoms with E-state index < -0.39 is 0 Å². The van der Waals surface area contributed by atoms with Crippen LogP contribution in [0.5, 0.6) is 0 Å². The third kappa shape index (κ3) is 2.25. The van der Waals surface area contributed by atoms with Gasteiger partial charge in [0.25, 0.3) is 0 Å². The van der Waals surface area contributed by atoms with Crippen LogP contribution in [0.25, 0.3) is 5.69 Å². The van der Waals surface area contributed by atoms with E-state index in [0.29, 0.717) is 17.4 Å². The molecule has 0 fully saturated rings. The lowest BCUT2D eigenvalue weighted by molar-refractivity contribution is 0.733. The Balaban J connectivity index is 2.63. The molecule has 5 nitrogen and oxygen atoms in total. The Labute approximate surface area is 103 Å². The third-order valence-electron chi connectivity index (χ3n) is 2.49. The Bertz CT molecular complexity index is 587. The normalized spacial score (nSPS) is 10.8. The van der Waals surface area contributed by atoms with Gasteiger partial charge in [0.15, 0.2) is 5.82 Å². The number of benzene rings is 1. The number of hydrogen-bond donors (Lipinski definition) is 2. The first-order chi connectivity index (χ1) is 8.13. The molecule has 17 heavy (non-hydrogen) atoms. The van der Waals surface area contributed by atoms with E-state index >= 15 is 0 Å². The van der Waals surface area contributed by atoms with Gasteiger partial charge in [-0.05, 0) is 31.7 Å². The van der Waals surface area contributed by atoms with Crippen LogP contribution in [0.3, 0.4) is 0 Å². The first-order valence-corrected chi connectivity index (χ1v) is 5.58. The first kappa shape index (κ1) is 11.9. The topological polar surface area (TPSA) is 62.7 Å². The summed E-state index contributed by atoms with van der Waals surface area (Å²) in [5, 5.41) is 9.97. The van der Waals surface area contributed by atoms with Gasteiger partial charge in [0, 0.05) is 5.02 Å². The Hall–Kier alpha value is -1.59. The molecule has 2 N–H and O–H groups in total. The molecule has 0 radical (unpaired) electrons. The standard InChI is InChI=1S/C11H13ClN4O/c1-7-3-4-8(12)5-9(7)16-10(6-13-2)14-15-11(16)17/h3-5,13H,6H2,1-2H3,(H,15,17). The minimum atomic E-state index is -0.263. The van der Waals surface area contributed by atoms with Crippen molar-refractivity contribution < 1.29 is 0 Å². The molecule has 0 spiro atoms. The van der Waals surface area contributed by atoms with Crippen molar-refractivity contribution >= 4 is 11.6 Å². The average Bonchev–Trinajstić information content (AvgIpc) is 2.64. The van der Waals surface area contributed by atoms with Gasteiger partial charge in [0.05, 0.1) is 12.2 Å². The predicted octanol–water partition coefficient (Wildman–Crippen LogP) is 1.24. The molecule has 0 bridgehead atoms. The summed E-state index contributed by atoms with van der Waals surface area (Å²) < 4.78 is 1.53. The van der Waals surface area contributed by atoms with Gasteiger partial charge in [-0.2, -0.15) is 5.10 Å². The fourth-order valence-electron chi connectivity index (χ4n) is 1.68. The molecule has 1 aromatic heterocycles. The molecule has 6 heteroatoms. The Morgan fingerprint density at radius 1 is 1.53 bits per heavy atom. The van der Waals surface area contributed by atoms with E-state index in [4.69, 9.17) is 11.6 Å². The fraction of sp³-hybridized carbons (Fsp3) is 0.273. The Morgan fingerprint density at radius 3 is 3.00 bits per heavy atom. The number of nitrogens with one attached hydrogen (secondary N) is 2. The van der Waals surface area contributed by atoms with Crippen molar-refractivity contribution in [3.8, 4) is 5.69 Å². The van der Waals surface area contributed by atoms with E-state index in [1.54, 1.807) is 19.2 Å². The van der Waals surface area contributed by atoms with Crippen molar-refractivity contribution in [1.29, 1.82) is 0 Å². The van der Waals surface area contributed by atoms with Crippen molar-refractivity contribution in [3.63, 3.8) is 0 Å². The van der Waals surface area contributed by atoms with E-state index in [1.165, 1.54) is 4.57 Å². The second kappa shape index (κ2) is 4.73. The summed E-state index contributed by atoms with van der Waals surface area (Å²) in [6.45, 7) is 2.43. The van der Waals surface area contributed by atoms with Crippen molar-refractivity contribution in [1.82, 2.24) is 20.1 Å². The molecule has 0 aliphatic carbocycles. The summed E-state index contributed by atoms with van der Waals surface area (Å²) in [5.74, 6) is 0.628. The van der Waals surface area contributed by atoms with Crippen LogP contribution >= 0.6 is 11.6 Å². The van der Waals surface area contributed by atoms with Gasteiger partial charge in [-0.3, -0.25) is 0 Å². The van der Waals surface area contributed by atoms with E-state index in [0.717, 1.165) is 11.3 Å². The number of hydrogen-bond acceptors (Lipinski definition) is 3. The lowest BCUT2D eigenvalue weighted by atomic mass is 10.2. The highest BCUT2D eigenvalue weighted by atomic mass is 35.5.